The van der Waals surface area contributed by atoms with Crippen LogP contribution in [0.1, 0.15) is 40.5 Å². The van der Waals surface area contributed by atoms with E-state index < -0.39 is 0 Å². The van der Waals surface area contributed by atoms with E-state index in [0.29, 0.717) is 17.4 Å². The summed E-state index contributed by atoms with van der Waals surface area (Å²) in [5, 5.41) is 14.5. The number of carbonyl (C=O) groups excluding carboxylic acids is 1. The fourth-order valence-corrected chi connectivity index (χ4v) is 3.36. The Balaban J connectivity index is 1.75. The predicted octanol–water partition coefficient (Wildman–Crippen LogP) is 1.90. The lowest BCUT2D eigenvalue weighted by molar-refractivity contribution is 0.102. The highest BCUT2D eigenvalue weighted by Crippen LogP contribution is 2.23. The van der Waals surface area contributed by atoms with Gasteiger partial charge >= 0.3 is 0 Å². The number of piperidine rings is 1. The van der Waals surface area contributed by atoms with Crippen molar-refractivity contribution in [2.45, 2.75) is 25.7 Å². The second-order valence-corrected chi connectivity index (χ2v) is 6.11. The molecule has 0 aromatic carbocycles. The molecule has 2 aromatic heterocycles. The molecular formula is C14H19N5OS. The van der Waals surface area contributed by atoms with Crippen LogP contribution in [0, 0.1) is 6.92 Å². The van der Waals surface area contributed by atoms with Crippen LogP contribution in [0.15, 0.2) is 10.8 Å². The van der Waals surface area contributed by atoms with Crippen LogP contribution in [0.3, 0.4) is 0 Å². The summed E-state index contributed by atoms with van der Waals surface area (Å²) in [5.74, 6) is 1.60. The molecule has 3 rings (SSSR count). The van der Waals surface area contributed by atoms with Gasteiger partial charge in [0.1, 0.15) is 0 Å². The lowest BCUT2D eigenvalue weighted by atomic mass is 9.98. The number of hydrogen-bond acceptors (Lipinski definition) is 5. The molecule has 1 amide bonds. The Morgan fingerprint density at radius 2 is 2.19 bits per heavy atom. The number of thiophene rings is 1. The molecule has 112 valence electrons. The van der Waals surface area contributed by atoms with Crippen LogP contribution >= 0.6 is 11.3 Å². The highest BCUT2D eigenvalue weighted by atomic mass is 32.1. The van der Waals surface area contributed by atoms with Gasteiger partial charge in [-0.05, 0) is 43.8 Å². The average molecular weight is 305 g/mol. The molecule has 0 saturated carbocycles. The van der Waals surface area contributed by atoms with E-state index in [1.54, 1.807) is 4.68 Å². The number of amides is 1. The van der Waals surface area contributed by atoms with E-state index in [0.717, 1.165) is 37.3 Å². The first-order valence-electron chi connectivity index (χ1n) is 7.11. The minimum atomic E-state index is -0.124. The molecule has 1 saturated heterocycles. The van der Waals surface area contributed by atoms with Crippen molar-refractivity contribution in [3.8, 4) is 0 Å². The first-order chi connectivity index (χ1) is 10.1. The second-order valence-electron chi connectivity index (χ2n) is 5.36. The SMILES string of the molecule is Cc1cscc1C(=O)Nc1nc(C2CCNCC2)nn1C. The number of hydrogen-bond donors (Lipinski definition) is 2. The van der Waals surface area contributed by atoms with Gasteiger partial charge in [0.25, 0.3) is 5.91 Å². The molecule has 0 atom stereocenters. The molecule has 0 radical (unpaired) electrons. The number of rotatable bonds is 3. The van der Waals surface area contributed by atoms with Crippen molar-refractivity contribution < 1.29 is 4.79 Å². The Hall–Kier alpha value is -1.73. The lowest BCUT2D eigenvalue weighted by Crippen LogP contribution is -2.27. The number of aromatic nitrogens is 3. The molecule has 0 spiro atoms. The van der Waals surface area contributed by atoms with Gasteiger partial charge in [0.05, 0.1) is 5.56 Å². The zero-order chi connectivity index (χ0) is 14.8. The molecule has 6 nitrogen and oxygen atoms in total. The Morgan fingerprint density at radius 1 is 1.43 bits per heavy atom. The highest BCUT2D eigenvalue weighted by molar-refractivity contribution is 7.08. The van der Waals surface area contributed by atoms with E-state index in [2.05, 4.69) is 20.7 Å². The smallest absolute Gasteiger partial charge is 0.259 e. The third-order valence-electron chi connectivity index (χ3n) is 3.81. The van der Waals surface area contributed by atoms with Crippen LogP contribution in [0.25, 0.3) is 0 Å². The second kappa shape index (κ2) is 5.95. The van der Waals surface area contributed by atoms with E-state index in [1.807, 2.05) is 24.7 Å². The maximum Gasteiger partial charge on any atom is 0.259 e. The minimum Gasteiger partial charge on any atom is -0.317 e. The summed E-state index contributed by atoms with van der Waals surface area (Å²) < 4.78 is 1.65. The summed E-state index contributed by atoms with van der Waals surface area (Å²) in [7, 11) is 1.81. The van der Waals surface area contributed by atoms with Gasteiger partial charge in [0.15, 0.2) is 5.82 Å². The van der Waals surface area contributed by atoms with Crippen molar-refractivity contribution in [1.29, 1.82) is 0 Å². The zero-order valence-corrected chi connectivity index (χ0v) is 13.0. The topological polar surface area (TPSA) is 71.8 Å². The van der Waals surface area contributed by atoms with E-state index in [9.17, 15) is 4.79 Å². The number of aryl methyl sites for hydroxylation is 2. The largest absolute Gasteiger partial charge is 0.317 e. The highest BCUT2D eigenvalue weighted by Gasteiger charge is 2.21. The molecule has 2 N–H and O–H groups in total. The van der Waals surface area contributed by atoms with Crippen LogP contribution in [-0.4, -0.2) is 33.8 Å². The molecule has 3 heterocycles. The minimum absolute atomic E-state index is 0.124. The molecule has 21 heavy (non-hydrogen) atoms. The van der Waals surface area contributed by atoms with Gasteiger partial charge in [0, 0.05) is 18.3 Å². The Labute approximate surface area is 127 Å². The summed E-state index contributed by atoms with van der Waals surface area (Å²) in [5.41, 5.74) is 1.68. The van der Waals surface area contributed by atoms with E-state index in [-0.39, 0.29) is 5.91 Å². The van der Waals surface area contributed by atoms with Crippen molar-refractivity contribution >= 4 is 23.2 Å². The van der Waals surface area contributed by atoms with Gasteiger partial charge in [-0.3, -0.25) is 10.1 Å². The van der Waals surface area contributed by atoms with Crippen molar-refractivity contribution in [2.75, 3.05) is 18.4 Å². The van der Waals surface area contributed by atoms with Crippen LogP contribution in [0.2, 0.25) is 0 Å². The molecular weight excluding hydrogens is 286 g/mol. The molecule has 2 aromatic rings. The average Bonchev–Trinajstić information content (AvgIpc) is 3.07. The van der Waals surface area contributed by atoms with Crippen LogP contribution in [-0.2, 0) is 7.05 Å². The van der Waals surface area contributed by atoms with Gasteiger partial charge < -0.3 is 5.32 Å². The summed E-state index contributed by atoms with van der Waals surface area (Å²) in [6, 6.07) is 0. The summed E-state index contributed by atoms with van der Waals surface area (Å²) in [6.45, 7) is 3.93. The first-order valence-corrected chi connectivity index (χ1v) is 8.05. The van der Waals surface area contributed by atoms with Gasteiger partial charge in [-0.1, -0.05) is 0 Å². The normalized spacial score (nSPS) is 16.1. The molecule has 0 unspecified atom stereocenters. The molecule has 1 fully saturated rings. The molecule has 0 bridgehead atoms. The number of carbonyl (C=O) groups is 1. The molecule has 7 heteroatoms. The molecule has 1 aliphatic heterocycles. The summed E-state index contributed by atoms with van der Waals surface area (Å²) >= 11 is 1.53. The van der Waals surface area contributed by atoms with E-state index in [1.165, 1.54) is 11.3 Å². The lowest BCUT2D eigenvalue weighted by Gasteiger charge is -2.19. The van der Waals surface area contributed by atoms with Crippen LogP contribution in [0.4, 0.5) is 5.95 Å². The van der Waals surface area contributed by atoms with Crippen molar-refractivity contribution in [2.24, 2.45) is 7.05 Å². The molecule has 1 aliphatic rings. The number of nitrogens with zero attached hydrogens (tertiary/aromatic N) is 3. The van der Waals surface area contributed by atoms with Gasteiger partial charge in [-0.15, -0.1) is 0 Å². The third-order valence-corrected chi connectivity index (χ3v) is 4.67. The predicted molar refractivity (Wildman–Crippen MR) is 82.9 cm³/mol. The quantitative estimate of drug-likeness (QED) is 0.908. The number of anilines is 1. The maximum absolute atomic E-state index is 12.2. The van der Waals surface area contributed by atoms with Crippen molar-refractivity contribution in [3.05, 3.63) is 27.7 Å². The fraction of sp³-hybridized carbons (Fsp3) is 0.500. The van der Waals surface area contributed by atoms with Gasteiger partial charge in [-0.25, -0.2) is 4.68 Å². The first kappa shape index (κ1) is 14.2. The van der Waals surface area contributed by atoms with Crippen LogP contribution < -0.4 is 10.6 Å². The van der Waals surface area contributed by atoms with Crippen molar-refractivity contribution in [1.82, 2.24) is 20.1 Å². The Morgan fingerprint density at radius 3 is 2.86 bits per heavy atom. The maximum atomic E-state index is 12.2. The van der Waals surface area contributed by atoms with Gasteiger partial charge in [-0.2, -0.15) is 21.4 Å². The summed E-state index contributed by atoms with van der Waals surface area (Å²) in [6.07, 6.45) is 2.09. The number of nitrogens with one attached hydrogen (secondary N) is 2. The standard InChI is InChI=1S/C14H19N5OS/c1-9-7-21-8-11(9)13(20)17-14-16-12(18-19(14)2)10-3-5-15-6-4-10/h7-8,10,15H,3-6H2,1-2H3,(H,16,17,18,20). The van der Waals surface area contributed by atoms with E-state index >= 15 is 0 Å². The molecule has 0 aliphatic carbocycles. The monoisotopic (exact) mass is 305 g/mol. The Kier molecular flexibility index (Phi) is 4.03. The van der Waals surface area contributed by atoms with Gasteiger partial charge in [0.2, 0.25) is 5.95 Å². The van der Waals surface area contributed by atoms with Crippen molar-refractivity contribution in [3.63, 3.8) is 0 Å². The summed E-state index contributed by atoms with van der Waals surface area (Å²) in [4.78, 5) is 16.7. The Bertz CT molecular complexity index is 642. The zero-order valence-electron chi connectivity index (χ0n) is 12.2. The fourth-order valence-electron chi connectivity index (χ4n) is 2.53. The third kappa shape index (κ3) is 2.98. The van der Waals surface area contributed by atoms with Crippen LogP contribution in [0.5, 0.6) is 0 Å². The van der Waals surface area contributed by atoms with E-state index in [4.69, 9.17) is 0 Å².